The standard InChI is InChI=1S/C13H22N4O3/c1-14-13(20)10-2-5-16(6-3-10)9-12(19)17-7-4-15-11(18)8-17/h10H,2-9H2,1H3,(H,14,20)(H,15,18). The summed E-state index contributed by atoms with van der Waals surface area (Å²) in [5.41, 5.74) is 0. The number of carbonyl (C=O) groups excluding carboxylic acids is 3. The molecule has 0 bridgehead atoms. The lowest BCUT2D eigenvalue weighted by Crippen LogP contribution is -2.53. The van der Waals surface area contributed by atoms with Crippen molar-refractivity contribution in [2.24, 2.45) is 5.92 Å². The number of nitrogens with one attached hydrogen (secondary N) is 2. The Morgan fingerprint density at radius 3 is 2.60 bits per heavy atom. The average Bonchev–Trinajstić information content (AvgIpc) is 2.47. The first-order valence-corrected chi connectivity index (χ1v) is 7.08. The highest BCUT2D eigenvalue weighted by atomic mass is 16.2. The molecule has 7 nitrogen and oxygen atoms in total. The molecule has 0 unspecified atom stereocenters. The summed E-state index contributed by atoms with van der Waals surface area (Å²) < 4.78 is 0. The lowest BCUT2D eigenvalue weighted by atomic mass is 9.96. The lowest BCUT2D eigenvalue weighted by Gasteiger charge is -2.33. The van der Waals surface area contributed by atoms with E-state index in [1.807, 2.05) is 0 Å². The van der Waals surface area contributed by atoms with Gasteiger partial charge < -0.3 is 15.5 Å². The van der Waals surface area contributed by atoms with Gasteiger partial charge in [0.05, 0.1) is 13.1 Å². The minimum atomic E-state index is -0.0945. The number of hydrogen-bond acceptors (Lipinski definition) is 4. The zero-order valence-corrected chi connectivity index (χ0v) is 11.9. The van der Waals surface area contributed by atoms with E-state index in [1.165, 1.54) is 0 Å². The van der Waals surface area contributed by atoms with E-state index in [1.54, 1.807) is 11.9 Å². The van der Waals surface area contributed by atoms with Crippen LogP contribution in [0.3, 0.4) is 0 Å². The van der Waals surface area contributed by atoms with Crippen molar-refractivity contribution in [3.8, 4) is 0 Å². The zero-order chi connectivity index (χ0) is 14.5. The third-order valence-electron chi connectivity index (χ3n) is 3.95. The van der Waals surface area contributed by atoms with Gasteiger partial charge in [0.2, 0.25) is 17.7 Å². The Labute approximate surface area is 118 Å². The minimum absolute atomic E-state index is 0.00163. The van der Waals surface area contributed by atoms with E-state index < -0.39 is 0 Å². The van der Waals surface area contributed by atoms with Crippen molar-refractivity contribution in [3.05, 3.63) is 0 Å². The number of piperazine rings is 1. The molecule has 2 fully saturated rings. The maximum Gasteiger partial charge on any atom is 0.239 e. The minimum Gasteiger partial charge on any atom is -0.359 e. The number of hydrogen-bond donors (Lipinski definition) is 2. The highest BCUT2D eigenvalue weighted by Crippen LogP contribution is 2.17. The van der Waals surface area contributed by atoms with Gasteiger partial charge in [0.25, 0.3) is 0 Å². The van der Waals surface area contributed by atoms with Gasteiger partial charge in [-0.05, 0) is 25.9 Å². The monoisotopic (exact) mass is 282 g/mol. The molecular formula is C13H22N4O3. The smallest absolute Gasteiger partial charge is 0.239 e. The first-order chi connectivity index (χ1) is 9.60. The number of rotatable bonds is 3. The van der Waals surface area contributed by atoms with Crippen molar-refractivity contribution in [1.29, 1.82) is 0 Å². The van der Waals surface area contributed by atoms with Gasteiger partial charge in [-0.3, -0.25) is 19.3 Å². The molecule has 20 heavy (non-hydrogen) atoms. The SMILES string of the molecule is CNC(=O)C1CCN(CC(=O)N2CCNC(=O)C2)CC1. The molecule has 2 heterocycles. The van der Waals surface area contributed by atoms with Crippen molar-refractivity contribution in [2.75, 3.05) is 46.3 Å². The molecule has 2 rings (SSSR count). The fourth-order valence-electron chi connectivity index (χ4n) is 2.70. The third kappa shape index (κ3) is 3.69. The molecule has 2 N–H and O–H groups in total. The molecular weight excluding hydrogens is 260 g/mol. The number of amides is 3. The molecule has 0 spiro atoms. The van der Waals surface area contributed by atoms with Crippen LogP contribution in [0.1, 0.15) is 12.8 Å². The topological polar surface area (TPSA) is 81.8 Å². The van der Waals surface area contributed by atoms with E-state index in [4.69, 9.17) is 0 Å². The van der Waals surface area contributed by atoms with Gasteiger partial charge in [-0.15, -0.1) is 0 Å². The van der Waals surface area contributed by atoms with Crippen LogP contribution in [0.15, 0.2) is 0 Å². The quantitative estimate of drug-likeness (QED) is 0.653. The largest absolute Gasteiger partial charge is 0.359 e. The van der Waals surface area contributed by atoms with Gasteiger partial charge in [0.1, 0.15) is 0 Å². The Hall–Kier alpha value is -1.63. The van der Waals surface area contributed by atoms with Crippen LogP contribution in [0.25, 0.3) is 0 Å². The molecule has 0 saturated carbocycles. The molecule has 0 aromatic rings. The molecule has 0 aromatic heterocycles. The molecule has 2 aliphatic heterocycles. The Bertz CT molecular complexity index is 391. The van der Waals surface area contributed by atoms with E-state index in [-0.39, 0.29) is 30.2 Å². The second kappa shape index (κ2) is 6.69. The van der Waals surface area contributed by atoms with E-state index in [9.17, 15) is 14.4 Å². The number of carbonyl (C=O) groups is 3. The summed E-state index contributed by atoms with van der Waals surface area (Å²) in [7, 11) is 1.65. The molecule has 7 heteroatoms. The second-order valence-electron chi connectivity index (χ2n) is 5.33. The third-order valence-corrected chi connectivity index (χ3v) is 3.95. The Balaban J connectivity index is 1.76. The van der Waals surface area contributed by atoms with Gasteiger partial charge in [-0.1, -0.05) is 0 Å². The van der Waals surface area contributed by atoms with Crippen molar-refractivity contribution in [3.63, 3.8) is 0 Å². The highest BCUT2D eigenvalue weighted by Gasteiger charge is 2.27. The number of piperidine rings is 1. The van der Waals surface area contributed by atoms with Crippen LogP contribution in [-0.4, -0.2) is 73.8 Å². The molecule has 0 atom stereocenters. The van der Waals surface area contributed by atoms with Crippen LogP contribution >= 0.6 is 0 Å². The van der Waals surface area contributed by atoms with Crippen molar-refractivity contribution in [1.82, 2.24) is 20.4 Å². The molecule has 112 valence electrons. The average molecular weight is 282 g/mol. The predicted molar refractivity (Wildman–Crippen MR) is 72.8 cm³/mol. The zero-order valence-electron chi connectivity index (χ0n) is 11.9. The van der Waals surface area contributed by atoms with E-state index in [0.717, 1.165) is 25.9 Å². The van der Waals surface area contributed by atoms with Crippen molar-refractivity contribution in [2.45, 2.75) is 12.8 Å². The Morgan fingerprint density at radius 1 is 1.30 bits per heavy atom. The maximum atomic E-state index is 12.1. The number of likely N-dealkylation sites (tertiary alicyclic amines) is 1. The summed E-state index contributed by atoms with van der Waals surface area (Å²) in [6, 6.07) is 0. The summed E-state index contributed by atoms with van der Waals surface area (Å²) in [5, 5.41) is 5.37. The molecule has 0 aromatic carbocycles. The maximum absolute atomic E-state index is 12.1. The molecule has 0 radical (unpaired) electrons. The summed E-state index contributed by atoms with van der Waals surface area (Å²) in [6.45, 7) is 3.12. The van der Waals surface area contributed by atoms with Crippen LogP contribution in [0, 0.1) is 5.92 Å². The van der Waals surface area contributed by atoms with Crippen LogP contribution in [0.2, 0.25) is 0 Å². The Kier molecular flexibility index (Phi) is 4.94. The van der Waals surface area contributed by atoms with E-state index >= 15 is 0 Å². The van der Waals surface area contributed by atoms with Gasteiger partial charge in [0, 0.05) is 26.1 Å². The summed E-state index contributed by atoms with van der Waals surface area (Å²) >= 11 is 0. The van der Waals surface area contributed by atoms with Crippen LogP contribution in [-0.2, 0) is 14.4 Å². The van der Waals surface area contributed by atoms with Gasteiger partial charge in [-0.2, -0.15) is 0 Å². The first kappa shape index (κ1) is 14.8. The van der Waals surface area contributed by atoms with Crippen LogP contribution in [0.4, 0.5) is 0 Å². The first-order valence-electron chi connectivity index (χ1n) is 7.08. The normalized spacial score (nSPS) is 21.4. The fraction of sp³-hybridized carbons (Fsp3) is 0.769. The van der Waals surface area contributed by atoms with Crippen LogP contribution in [0.5, 0.6) is 0 Å². The summed E-state index contributed by atoms with van der Waals surface area (Å²) in [4.78, 5) is 38.6. The summed E-state index contributed by atoms with van der Waals surface area (Å²) in [6.07, 6.45) is 1.57. The Morgan fingerprint density at radius 2 is 2.00 bits per heavy atom. The molecule has 0 aliphatic carbocycles. The molecule has 2 saturated heterocycles. The molecule has 2 aliphatic rings. The highest BCUT2D eigenvalue weighted by molar-refractivity contribution is 5.86. The van der Waals surface area contributed by atoms with E-state index in [0.29, 0.717) is 19.6 Å². The summed E-state index contributed by atoms with van der Waals surface area (Å²) in [5.74, 6) is 0.0527. The van der Waals surface area contributed by atoms with Crippen molar-refractivity contribution < 1.29 is 14.4 Å². The lowest BCUT2D eigenvalue weighted by molar-refractivity contribution is -0.139. The van der Waals surface area contributed by atoms with Gasteiger partial charge in [0.15, 0.2) is 0 Å². The van der Waals surface area contributed by atoms with Crippen LogP contribution < -0.4 is 10.6 Å². The second-order valence-corrected chi connectivity index (χ2v) is 5.33. The van der Waals surface area contributed by atoms with Gasteiger partial charge in [-0.25, -0.2) is 0 Å². The van der Waals surface area contributed by atoms with Gasteiger partial charge >= 0.3 is 0 Å². The van der Waals surface area contributed by atoms with Crippen molar-refractivity contribution >= 4 is 17.7 Å². The predicted octanol–water partition coefficient (Wildman–Crippen LogP) is -1.60. The van der Waals surface area contributed by atoms with E-state index in [2.05, 4.69) is 15.5 Å². The molecule has 3 amide bonds. The fourth-order valence-corrected chi connectivity index (χ4v) is 2.70. The number of nitrogens with zero attached hydrogens (tertiary/aromatic N) is 2.